The average Bonchev–Trinajstić information content (AvgIpc) is 2.89. The van der Waals surface area contributed by atoms with E-state index in [9.17, 15) is 0 Å². The Bertz CT molecular complexity index is 777. The molecule has 0 spiro atoms. The highest BCUT2D eigenvalue weighted by molar-refractivity contribution is 6.61. The van der Waals surface area contributed by atoms with Crippen LogP contribution in [0.1, 0.15) is 36.0 Å². The first-order valence-electron chi connectivity index (χ1n) is 12.4. The van der Waals surface area contributed by atoms with Gasteiger partial charge in [-0.3, -0.25) is 0 Å². The highest BCUT2D eigenvalue weighted by atomic mass is 35.5. The van der Waals surface area contributed by atoms with Crippen LogP contribution in [0.4, 0.5) is 0 Å². The minimum Gasteiger partial charge on any atom is -0.373 e. The SMILES string of the molecule is ClCC[Si](OCCCc1ccccc1)(OCCCc1ccccc1)OCCCc1ccccc1. The Hall–Kier alpha value is -1.95. The molecule has 0 saturated carbocycles. The smallest absolute Gasteiger partial charge is 0.373 e. The third-order valence-corrected chi connectivity index (χ3v) is 9.02. The number of hydrogen-bond acceptors (Lipinski definition) is 3. The molecular formula is C29H37ClO3Si. The molecule has 34 heavy (non-hydrogen) atoms. The van der Waals surface area contributed by atoms with Crippen molar-refractivity contribution in [3.63, 3.8) is 0 Å². The number of benzene rings is 3. The van der Waals surface area contributed by atoms with Gasteiger partial charge < -0.3 is 13.3 Å². The Morgan fingerprint density at radius 3 is 1.12 bits per heavy atom. The van der Waals surface area contributed by atoms with E-state index < -0.39 is 8.80 Å². The Morgan fingerprint density at radius 2 is 0.824 bits per heavy atom. The molecular weight excluding hydrogens is 460 g/mol. The molecule has 0 bridgehead atoms. The highest BCUT2D eigenvalue weighted by Crippen LogP contribution is 2.20. The zero-order valence-electron chi connectivity index (χ0n) is 20.0. The van der Waals surface area contributed by atoms with Crippen LogP contribution in [0.5, 0.6) is 0 Å². The Labute approximate surface area is 211 Å². The van der Waals surface area contributed by atoms with Gasteiger partial charge in [0.05, 0.1) is 0 Å². The van der Waals surface area contributed by atoms with Crippen LogP contribution in [0, 0.1) is 0 Å². The molecule has 0 aliphatic carbocycles. The van der Waals surface area contributed by atoms with Crippen LogP contribution < -0.4 is 0 Å². The van der Waals surface area contributed by atoms with Crippen molar-refractivity contribution < 1.29 is 13.3 Å². The van der Waals surface area contributed by atoms with E-state index in [-0.39, 0.29) is 0 Å². The normalized spacial score (nSPS) is 11.6. The molecule has 0 unspecified atom stereocenters. The van der Waals surface area contributed by atoms with E-state index >= 15 is 0 Å². The fraction of sp³-hybridized carbons (Fsp3) is 0.379. The number of halogens is 1. The first-order chi connectivity index (χ1) is 16.8. The molecule has 0 aliphatic heterocycles. The van der Waals surface area contributed by atoms with Gasteiger partial charge in [-0.15, -0.1) is 11.6 Å². The van der Waals surface area contributed by atoms with Crippen LogP contribution in [0.2, 0.25) is 6.04 Å². The summed E-state index contributed by atoms with van der Waals surface area (Å²) < 4.78 is 19.2. The topological polar surface area (TPSA) is 27.7 Å². The van der Waals surface area contributed by atoms with Gasteiger partial charge in [-0.25, -0.2) is 0 Å². The summed E-state index contributed by atoms with van der Waals surface area (Å²) in [7, 11) is -2.84. The quantitative estimate of drug-likeness (QED) is 0.113. The first-order valence-corrected chi connectivity index (χ1v) is 14.9. The molecule has 0 aromatic heterocycles. The van der Waals surface area contributed by atoms with Crippen molar-refractivity contribution in [2.75, 3.05) is 25.7 Å². The third kappa shape index (κ3) is 10.1. The van der Waals surface area contributed by atoms with Gasteiger partial charge in [-0.2, -0.15) is 0 Å². The summed E-state index contributed by atoms with van der Waals surface area (Å²) in [6.07, 6.45) is 5.74. The zero-order chi connectivity index (χ0) is 23.7. The van der Waals surface area contributed by atoms with Crippen LogP contribution in [0.15, 0.2) is 91.0 Å². The summed E-state index contributed by atoms with van der Waals surface area (Å²) in [5.74, 6) is 0.474. The van der Waals surface area contributed by atoms with E-state index in [0.29, 0.717) is 31.7 Å². The second-order valence-electron chi connectivity index (χ2n) is 8.43. The largest absolute Gasteiger partial charge is 0.502 e. The van der Waals surface area contributed by atoms with Crippen molar-refractivity contribution in [2.45, 2.75) is 44.6 Å². The predicted molar refractivity (Wildman–Crippen MR) is 143 cm³/mol. The third-order valence-electron chi connectivity index (χ3n) is 5.72. The van der Waals surface area contributed by atoms with Gasteiger partial charge in [0.2, 0.25) is 0 Å². The van der Waals surface area contributed by atoms with Crippen LogP contribution in [-0.4, -0.2) is 34.5 Å². The minimum absolute atomic E-state index is 0.474. The summed E-state index contributed by atoms with van der Waals surface area (Å²) >= 11 is 6.21. The fourth-order valence-electron chi connectivity index (χ4n) is 3.90. The molecule has 0 aliphatic rings. The lowest BCUT2D eigenvalue weighted by atomic mass is 10.1. The van der Waals surface area contributed by atoms with Crippen LogP contribution >= 0.6 is 11.6 Å². The molecule has 3 rings (SSSR count). The van der Waals surface area contributed by atoms with Gasteiger partial charge in [0, 0.05) is 31.7 Å². The van der Waals surface area contributed by atoms with Crippen LogP contribution in [0.25, 0.3) is 0 Å². The zero-order valence-corrected chi connectivity index (χ0v) is 21.8. The lowest BCUT2D eigenvalue weighted by Gasteiger charge is -2.29. The summed E-state index contributed by atoms with van der Waals surface area (Å²) in [6, 6.07) is 32.2. The lowest BCUT2D eigenvalue weighted by molar-refractivity contribution is 0.0581. The van der Waals surface area contributed by atoms with Gasteiger partial charge >= 0.3 is 8.80 Å². The van der Waals surface area contributed by atoms with Crippen LogP contribution in [0.3, 0.4) is 0 Å². The number of alkyl halides is 1. The van der Waals surface area contributed by atoms with E-state index in [2.05, 4.69) is 72.8 Å². The molecule has 0 radical (unpaired) electrons. The molecule has 3 nitrogen and oxygen atoms in total. The maximum atomic E-state index is 6.41. The van der Waals surface area contributed by atoms with E-state index in [1.807, 2.05) is 18.2 Å². The minimum atomic E-state index is -2.84. The van der Waals surface area contributed by atoms with Crippen molar-refractivity contribution in [1.82, 2.24) is 0 Å². The van der Waals surface area contributed by atoms with E-state index in [4.69, 9.17) is 24.9 Å². The molecule has 5 heteroatoms. The molecule has 0 heterocycles. The summed E-state index contributed by atoms with van der Waals surface area (Å²) in [4.78, 5) is 0. The van der Waals surface area contributed by atoms with E-state index in [1.54, 1.807) is 0 Å². The molecule has 0 atom stereocenters. The van der Waals surface area contributed by atoms with Gasteiger partial charge in [-0.1, -0.05) is 91.0 Å². The van der Waals surface area contributed by atoms with E-state index in [0.717, 1.165) is 38.5 Å². The molecule has 0 fully saturated rings. The Kier molecular flexibility index (Phi) is 12.4. The summed E-state index contributed by atoms with van der Waals surface area (Å²) in [5, 5.41) is 0. The van der Waals surface area contributed by atoms with E-state index in [1.165, 1.54) is 16.7 Å². The Morgan fingerprint density at radius 1 is 0.500 bits per heavy atom. The monoisotopic (exact) mass is 496 g/mol. The summed E-state index contributed by atoms with van der Waals surface area (Å²) in [6.45, 7) is 1.86. The molecule has 0 amide bonds. The van der Waals surface area contributed by atoms with Crippen molar-refractivity contribution in [3.05, 3.63) is 108 Å². The van der Waals surface area contributed by atoms with Crippen molar-refractivity contribution in [1.29, 1.82) is 0 Å². The van der Waals surface area contributed by atoms with Crippen molar-refractivity contribution >= 4 is 20.4 Å². The average molecular weight is 497 g/mol. The second-order valence-corrected chi connectivity index (χ2v) is 11.5. The summed E-state index contributed by atoms with van der Waals surface area (Å²) in [5.41, 5.74) is 3.97. The van der Waals surface area contributed by atoms with Crippen LogP contribution in [-0.2, 0) is 32.5 Å². The fourth-order valence-corrected chi connectivity index (χ4v) is 6.88. The first kappa shape index (κ1) is 26.6. The number of rotatable bonds is 17. The van der Waals surface area contributed by atoms with Crippen molar-refractivity contribution in [2.24, 2.45) is 0 Å². The Balaban J connectivity index is 1.51. The number of hydrogen-bond donors (Lipinski definition) is 0. The van der Waals surface area contributed by atoms with Gasteiger partial charge in [0.15, 0.2) is 0 Å². The second kappa shape index (κ2) is 15.9. The number of aryl methyl sites for hydroxylation is 3. The van der Waals surface area contributed by atoms with Gasteiger partial charge in [0.25, 0.3) is 0 Å². The standard InChI is InChI=1S/C29H37ClO3Si/c30-22-26-34(31-23-10-19-27-13-4-1-5-14-27,32-24-11-20-28-15-6-2-7-16-28)33-25-12-21-29-17-8-3-9-18-29/h1-9,13-18H,10-12,19-26H2. The molecule has 0 N–H and O–H groups in total. The molecule has 0 saturated heterocycles. The highest BCUT2D eigenvalue weighted by Gasteiger charge is 2.40. The molecule has 3 aromatic rings. The van der Waals surface area contributed by atoms with Gasteiger partial charge in [0.1, 0.15) is 0 Å². The molecule has 182 valence electrons. The maximum absolute atomic E-state index is 6.41. The lowest BCUT2D eigenvalue weighted by Crippen LogP contribution is -2.47. The maximum Gasteiger partial charge on any atom is 0.502 e. The molecule has 3 aromatic carbocycles. The van der Waals surface area contributed by atoms with Crippen molar-refractivity contribution in [3.8, 4) is 0 Å². The predicted octanol–water partition coefficient (Wildman–Crippen LogP) is 7.11. The van der Waals surface area contributed by atoms with Gasteiger partial charge in [-0.05, 0) is 55.2 Å².